The first kappa shape index (κ1) is 24.3. The number of rotatable bonds is 11. The van der Waals surface area contributed by atoms with Crippen LogP contribution in [0, 0.1) is 0 Å². The van der Waals surface area contributed by atoms with Crippen molar-refractivity contribution in [2.75, 3.05) is 30.3 Å². The molecule has 2 rings (SSSR count). The smallest absolute Gasteiger partial charge is 0.325 e. The molecule has 0 spiro atoms. The van der Waals surface area contributed by atoms with Crippen LogP contribution in [0.3, 0.4) is 0 Å². The fourth-order valence-electron chi connectivity index (χ4n) is 3.04. The molecule has 31 heavy (non-hydrogen) atoms. The molecule has 0 radical (unpaired) electrons. The van der Waals surface area contributed by atoms with E-state index in [0.717, 1.165) is 23.4 Å². The average Bonchev–Trinajstić information content (AvgIpc) is 3.13. The van der Waals surface area contributed by atoms with E-state index in [-0.39, 0.29) is 17.8 Å². The Labute approximate surface area is 187 Å². The van der Waals surface area contributed by atoms with Crippen LogP contribution in [-0.4, -0.2) is 47.4 Å². The number of hydrogen-bond acceptors (Lipinski definition) is 5. The fourth-order valence-corrected chi connectivity index (χ4v) is 3.98. The van der Waals surface area contributed by atoms with Gasteiger partial charge in [0.1, 0.15) is 0 Å². The third kappa shape index (κ3) is 8.37. The largest absolute Gasteiger partial charge is 0.354 e. The molecule has 0 aliphatic rings. The Morgan fingerprint density at radius 2 is 1.81 bits per heavy atom. The molecule has 0 bridgehead atoms. The minimum absolute atomic E-state index is 0.0162. The van der Waals surface area contributed by atoms with Crippen LogP contribution >= 0.6 is 11.3 Å². The summed E-state index contributed by atoms with van der Waals surface area (Å²) in [7, 11) is 0. The Balaban J connectivity index is 1.82. The summed E-state index contributed by atoms with van der Waals surface area (Å²) in [6.45, 7) is 7.21. The molecule has 1 aromatic carbocycles. The van der Waals surface area contributed by atoms with Gasteiger partial charge >= 0.3 is 6.03 Å². The molecule has 0 atom stereocenters. The highest BCUT2D eigenvalue weighted by Crippen LogP contribution is 2.25. The van der Waals surface area contributed by atoms with Crippen LogP contribution in [0.25, 0.3) is 0 Å². The summed E-state index contributed by atoms with van der Waals surface area (Å²) in [4.78, 5) is 43.2. The molecule has 0 unspecified atom stereocenters. The van der Waals surface area contributed by atoms with Crippen molar-refractivity contribution in [3.8, 4) is 0 Å². The predicted octanol–water partition coefficient (Wildman–Crippen LogP) is 3.66. The second kappa shape index (κ2) is 12.7. The quantitative estimate of drug-likeness (QED) is 0.491. The van der Waals surface area contributed by atoms with E-state index < -0.39 is 0 Å². The van der Waals surface area contributed by atoms with Crippen molar-refractivity contribution >= 4 is 40.0 Å². The molecule has 3 N–H and O–H groups in total. The number of thiazole rings is 1. The van der Waals surface area contributed by atoms with E-state index >= 15 is 0 Å². The molecule has 4 amide bonds. The van der Waals surface area contributed by atoms with Crippen molar-refractivity contribution in [3.05, 3.63) is 40.9 Å². The Hall–Kier alpha value is -2.94. The number of aromatic nitrogens is 1. The topological polar surface area (TPSA) is 103 Å². The Bertz CT molecular complexity index is 869. The fraction of sp³-hybridized carbons (Fsp3) is 0.455. The number of carbonyl (C=O) groups excluding carboxylic acids is 3. The van der Waals surface area contributed by atoms with Crippen molar-refractivity contribution in [1.29, 1.82) is 0 Å². The van der Waals surface area contributed by atoms with Gasteiger partial charge in [-0.05, 0) is 31.4 Å². The van der Waals surface area contributed by atoms with Crippen molar-refractivity contribution in [1.82, 2.24) is 15.2 Å². The molecule has 1 heterocycles. The van der Waals surface area contributed by atoms with Crippen LogP contribution in [0.5, 0.6) is 0 Å². The maximum Gasteiger partial charge on any atom is 0.325 e. The summed E-state index contributed by atoms with van der Waals surface area (Å²) >= 11 is 1.42. The zero-order chi connectivity index (χ0) is 22.6. The SMILES string of the molecule is CCCN(CCNC(=O)CCc1nc(NC(=O)Nc2ccccc2)sc1CC)C(C)=O. The van der Waals surface area contributed by atoms with Gasteiger partial charge in [-0.1, -0.05) is 32.0 Å². The minimum atomic E-state index is -0.353. The van der Waals surface area contributed by atoms with E-state index in [2.05, 4.69) is 20.9 Å². The van der Waals surface area contributed by atoms with Gasteiger partial charge in [0.25, 0.3) is 0 Å². The summed E-state index contributed by atoms with van der Waals surface area (Å²) in [5.41, 5.74) is 1.53. The zero-order valence-corrected chi connectivity index (χ0v) is 19.2. The molecule has 0 aliphatic carbocycles. The highest BCUT2D eigenvalue weighted by molar-refractivity contribution is 7.15. The summed E-state index contributed by atoms with van der Waals surface area (Å²) < 4.78 is 0. The van der Waals surface area contributed by atoms with Gasteiger partial charge < -0.3 is 15.5 Å². The molecule has 168 valence electrons. The molecule has 0 aliphatic heterocycles. The van der Waals surface area contributed by atoms with Gasteiger partial charge in [-0.15, -0.1) is 11.3 Å². The second-order valence-corrected chi connectivity index (χ2v) is 8.13. The van der Waals surface area contributed by atoms with Crippen LogP contribution in [0.4, 0.5) is 15.6 Å². The van der Waals surface area contributed by atoms with E-state index in [1.165, 1.54) is 18.3 Å². The van der Waals surface area contributed by atoms with Gasteiger partial charge in [-0.3, -0.25) is 14.9 Å². The Morgan fingerprint density at radius 3 is 2.45 bits per heavy atom. The number of urea groups is 1. The number of nitrogens with zero attached hydrogens (tertiary/aromatic N) is 2. The number of carbonyl (C=O) groups is 3. The highest BCUT2D eigenvalue weighted by atomic mass is 32.1. The predicted molar refractivity (Wildman–Crippen MR) is 124 cm³/mol. The van der Waals surface area contributed by atoms with E-state index in [1.807, 2.05) is 32.0 Å². The molecule has 1 aromatic heterocycles. The van der Waals surface area contributed by atoms with E-state index in [0.29, 0.717) is 43.3 Å². The second-order valence-electron chi connectivity index (χ2n) is 7.04. The van der Waals surface area contributed by atoms with Crippen molar-refractivity contribution in [2.24, 2.45) is 0 Å². The maximum absolute atomic E-state index is 12.2. The van der Waals surface area contributed by atoms with Crippen molar-refractivity contribution < 1.29 is 14.4 Å². The monoisotopic (exact) mass is 445 g/mol. The van der Waals surface area contributed by atoms with E-state index in [9.17, 15) is 14.4 Å². The lowest BCUT2D eigenvalue weighted by molar-refractivity contribution is -0.129. The van der Waals surface area contributed by atoms with Crippen LogP contribution in [-0.2, 0) is 22.4 Å². The number of nitrogens with one attached hydrogen (secondary N) is 3. The summed E-state index contributed by atoms with van der Waals surface area (Å²) in [6.07, 6.45) is 2.47. The maximum atomic E-state index is 12.2. The lowest BCUT2D eigenvalue weighted by Crippen LogP contribution is -2.37. The van der Waals surface area contributed by atoms with E-state index in [4.69, 9.17) is 0 Å². The molecule has 2 aromatic rings. The molecule has 0 fully saturated rings. The first-order valence-corrected chi connectivity index (χ1v) is 11.4. The summed E-state index contributed by atoms with van der Waals surface area (Å²) in [6, 6.07) is 8.83. The number of aryl methyl sites for hydroxylation is 2. The van der Waals surface area contributed by atoms with Gasteiger partial charge in [0.15, 0.2) is 5.13 Å². The molecule has 9 heteroatoms. The molecule has 8 nitrogen and oxygen atoms in total. The molecule has 0 saturated heterocycles. The number of benzene rings is 1. The number of para-hydroxylation sites is 1. The summed E-state index contributed by atoms with van der Waals surface area (Å²) in [5, 5.41) is 8.90. The van der Waals surface area contributed by atoms with Gasteiger partial charge in [0, 0.05) is 43.5 Å². The normalized spacial score (nSPS) is 10.4. The third-order valence-corrected chi connectivity index (χ3v) is 5.74. The van der Waals surface area contributed by atoms with Crippen LogP contribution in [0.15, 0.2) is 30.3 Å². The molecule has 0 saturated carbocycles. The summed E-state index contributed by atoms with van der Waals surface area (Å²) in [5.74, 6) is -0.0612. The van der Waals surface area contributed by atoms with E-state index in [1.54, 1.807) is 17.0 Å². The lowest BCUT2D eigenvalue weighted by Gasteiger charge is -2.20. The highest BCUT2D eigenvalue weighted by Gasteiger charge is 2.14. The standard InChI is InChI=1S/C22H31N5O3S/c1-4-14-27(16(3)28)15-13-23-20(29)12-11-18-19(5-2)31-22(25-18)26-21(30)24-17-9-7-6-8-10-17/h6-10H,4-5,11-15H2,1-3H3,(H,23,29)(H2,24,25,26,30). The van der Waals surface area contributed by atoms with Crippen LogP contribution in [0.1, 0.15) is 44.2 Å². The Morgan fingerprint density at radius 1 is 1.06 bits per heavy atom. The third-order valence-electron chi connectivity index (χ3n) is 4.58. The number of amides is 4. The average molecular weight is 446 g/mol. The number of anilines is 2. The first-order valence-electron chi connectivity index (χ1n) is 10.6. The van der Waals surface area contributed by atoms with Gasteiger partial charge in [0.2, 0.25) is 11.8 Å². The van der Waals surface area contributed by atoms with Gasteiger partial charge in [0.05, 0.1) is 5.69 Å². The van der Waals surface area contributed by atoms with Crippen LogP contribution < -0.4 is 16.0 Å². The Kier molecular flexibility index (Phi) is 9.96. The van der Waals surface area contributed by atoms with Crippen molar-refractivity contribution in [3.63, 3.8) is 0 Å². The molecular weight excluding hydrogens is 414 g/mol. The molecular formula is C22H31N5O3S. The van der Waals surface area contributed by atoms with Crippen molar-refractivity contribution in [2.45, 2.75) is 46.5 Å². The van der Waals surface area contributed by atoms with Crippen LogP contribution in [0.2, 0.25) is 0 Å². The van der Waals surface area contributed by atoms with Gasteiger partial charge in [-0.2, -0.15) is 0 Å². The minimum Gasteiger partial charge on any atom is -0.354 e. The number of hydrogen-bond donors (Lipinski definition) is 3. The van der Waals surface area contributed by atoms with Gasteiger partial charge in [-0.25, -0.2) is 9.78 Å². The lowest BCUT2D eigenvalue weighted by atomic mass is 10.2. The zero-order valence-electron chi connectivity index (χ0n) is 18.4. The first-order chi connectivity index (χ1) is 14.9.